The molecule has 0 aliphatic rings. The zero-order chi connectivity index (χ0) is 21.5. The summed E-state index contributed by atoms with van der Waals surface area (Å²) < 4.78 is 65.1. The fourth-order valence-corrected chi connectivity index (χ4v) is 3.88. The van der Waals surface area contributed by atoms with Crippen LogP contribution in [0.1, 0.15) is 32.8 Å². The second-order valence-corrected chi connectivity index (χ2v) is 8.34. The first-order valence-electron chi connectivity index (χ1n) is 8.79. The molecule has 0 fully saturated rings. The Kier molecular flexibility index (Phi) is 9.19. The molecule has 11 heteroatoms. The van der Waals surface area contributed by atoms with Crippen LogP contribution in [-0.2, 0) is 21.0 Å². The van der Waals surface area contributed by atoms with Crippen LogP contribution in [0.15, 0.2) is 23.1 Å². The highest BCUT2D eigenvalue weighted by Gasteiger charge is 2.34. The molecule has 1 amide bonds. The lowest BCUT2D eigenvalue weighted by Gasteiger charge is -2.26. The average Bonchev–Trinajstić information content (AvgIpc) is 2.60. The third-order valence-corrected chi connectivity index (χ3v) is 6.02. The van der Waals surface area contributed by atoms with Gasteiger partial charge in [0, 0.05) is 25.6 Å². The maximum Gasteiger partial charge on any atom is 0.417 e. The molecule has 1 aromatic carbocycles. The van der Waals surface area contributed by atoms with Crippen molar-refractivity contribution in [3.63, 3.8) is 0 Å². The molecular weight excluding hydrogens is 419 g/mol. The van der Waals surface area contributed by atoms with E-state index in [9.17, 15) is 26.4 Å². The minimum absolute atomic E-state index is 0.130. The molecule has 2 N–H and O–H groups in total. The number of likely N-dealkylation sites (N-methyl/N-ethyl adjacent to an activating group) is 1. The molecule has 6 nitrogen and oxygen atoms in total. The zero-order valence-electron chi connectivity index (χ0n) is 15.9. The third kappa shape index (κ3) is 7.23. The van der Waals surface area contributed by atoms with Crippen LogP contribution in [0, 0.1) is 0 Å². The summed E-state index contributed by atoms with van der Waals surface area (Å²) in [6.07, 6.45) is -4.91. The predicted molar refractivity (Wildman–Crippen MR) is 102 cm³/mol. The number of amides is 1. The van der Waals surface area contributed by atoms with E-state index in [1.165, 1.54) is 0 Å². The van der Waals surface area contributed by atoms with E-state index in [0.29, 0.717) is 12.6 Å². The summed E-state index contributed by atoms with van der Waals surface area (Å²) in [7, 11) is -4.20. The first-order chi connectivity index (χ1) is 12.9. The number of nitrogens with zero attached hydrogens (tertiary/aromatic N) is 1. The molecule has 0 aliphatic carbocycles. The van der Waals surface area contributed by atoms with Crippen molar-refractivity contribution in [1.29, 1.82) is 0 Å². The highest BCUT2D eigenvalue weighted by atomic mass is 35.5. The quantitative estimate of drug-likeness (QED) is 0.583. The van der Waals surface area contributed by atoms with E-state index in [4.69, 9.17) is 11.6 Å². The maximum absolute atomic E-state index is 12.9. The number of hydrogen-bond donors (Lipinski definition) is 2. The van der Waals surface area contributed by atoms with E-state index in [1.54, 1.807) is 0 Å². The summed E-state index contributed by atoms with van der Waals surface area (Å²) in [5.74, 6) is -0.353. The van der Waals surface area contributed by atoms with Gasteiger partial charge in [0.1, 0.15) is 0 Å². The van der Waals surface area contributed by atoms with Gasteiger partial charge in [-0.15, -0.1) is 0 Å². The maximum atomic E-state index is 12.9. The van der Waals surface area contributed by atoms with Gasteiger partial charge in [-0.3, -0.25) is 9.69 Å². The summed E-state index contributed by atoms with van der Waals surface area (Å²) in [5, 5.41) is 2.12. The number of rotatable bonds is 10. The van der Waals surface area contributed by atoms with Crippen LogP contribution >= 0.6 is 11.6 Å². The van der Waals surface area contributed by atoms with Gasteiger partial charge in [0.25, 0.3) is 0 Å². The summed E-state index contributed by atoms with van der Waals surface area (Å²) in [5.41, 5.74) is -1.24. The van der Waals surface area contributed by atoms with E-state index in [1.807, 2.05) is 20.8 Å². The van der Waals surface area contributed by atoms with Gasteiger partial charge in [0.05, 0.1) is 15.5 Å². The van der Waals surface area contributed by atoms with Gasteiger partial charge in [-0.25, -0.2) is 13.1 Å². The van der Waals surface area contributed by atoms with Gasteiger partial charge in [-0.1, -0.05) is 25.4 Å². The van der Waals surface area contributed by atoms with Crippen molar-refractivity contribution >= 4 is 27.5 Å². The number of carbonyl (C=O) groups is 1. The predicted octanol–water partition coefficient (Wildman–Crippen LogP) is 2.87. The third-order valence-electron chi connectivity index (χ3n) is 4.23. The Morgan fingerprint density at radius 2 is 1.86 bits per heavy atom. The SMILES string of the molecule is CCN(CC)C(C)CNC(=O)CCNS(=O)(=O)c1ccc(Cl)c(C(F)(F)F)c1. The first-order valence-corrected chi connectivity index (χ1v) is 10.7. The molecule has 0 aliphatic heterocycles. The van der Waals surface area contributed by atoms with Crippen molar-refractivity contribution in [3.8, 4) is 0 Å². The Balaban J connectivity index is 2.62. The molecule has 1 unspecified atom stereocenters. The van der Waals surface area contributed by atoms with Gasteiger partial charge in [-0.05, 0) is 38.2 Å². The molecular formula is C17H25ClF3N3O3S. The molecule has 0 saturated heterocycles. The highest BCUT2D eigenvalue weighted by molar-refractivity contribution is 7.89. The van der Waals surface area contributed by atoms with E-state index in [-0.39, 0.29) is 24.9 Å². The van der Waals surface area contributed by atoms with Gasteiger partial charge in [0.15, 0.2) is 0 Å². The Morgan fingerprint density at radius 1 is 1.25 bits per heavy atom. The standard InChI is InChI=1S/C17H25ClF3N3O3S/c1-4-24(5-2)12(3)11-22-16(25)8-9-23-28(26,27)13-6-7-15(18)14(10-13)17(19,20)21/h6-7,10,12,23H,4-5,8-9,11H2,1-3H3,(H,22,25). The fourth-order valence-electron chi connectivity index (χ4n) is 2.60. The highest BCUT2D eigenvalue weighted by Crippen LogP contribution is 2.35. The number of alkyl halides is 3. The van der Waals surface area contributed by atoms with Crippen LogP contribution in [0.4, 0.5) is 13.2 Å². The lowest BCUT2D eigenvalue weighted by Crippen LogP contribution is -2.42. The van der Waals surface area contributed by atoms with Crippen molar-refractivity contribution in [2.45, 2.75) is 44.3 Å². The minimum Gasteiger partial charge on any atom is -0.355 e. The van der Waals surface area contributed by atoms with Crippen molar-refractivity contribution in [1.82, 2.24) is 14.9 Å². The molecule has 0 saturated carbocycles. The van der Waals surface area contributed by atoms with E-state index < -0.39 is 31.7 Å². The zero-order valence-corrected chi connectivity index (χ0v) is 17.5. The Morgan fingerprint density at radius 3 is 2.39 bits per heavy atom. The van der Waals surface area contributed by atoms with Crippen molar-refractivity contribution in [2.75, 3.05) is 26.2 Å². The van der Waals surface area contributed by atoms with Crippen molar-refractivity contribution in [2.24, 2.45) is 0 Å². The van der Waals surface area contributed by atoms with Crippen LogP contribution in [-0.4, -0.2) is 51.4 Å². The lowest BCUT2D eigenvalue weighted by molar-refractivity contribution is -0.137. The molecule has 1 atom stereocenters. The van der Waals surface area contributed by atoms with Crippen LogP contribution in [0.25, 0.3) is 0 Å². The van der Waals surface area contributed by atoms with Gasteiger partial charge < -0.3 is 5.32 Å². The summed E-state index contributed by atoms with van der Waals surface area (Å²) in [4.78, 5) is 13.5. The van der Waals surface area contributed by atoms with Crippen LogP contribution in [0.2, 0.25) is 5.02 Å². The summed E-state index contributed by atoms with van der Waals surface area (Å²) in [6, 6.07) is 2.45. The van der Waals surface area contributed by atoms with Crippen molar-refractivity contribution in [3.05, 3.63) is 28.8 Å². The van der Waals surface area contributed by atoms with Crippen LogP contribution in [0.5, 0.6) is 0 Å². The number of halogens is 4. The van der Waals surface area contributed by atoms with Crippen molar-refractivity contribution < 1.29 is 26.4 Å². The van der Waals surface area contributed by atoms with Gasteiger partial charge in [0.2, 0.25) is 15.9 Å². The number of benzene rings is 1. The molecule has 0 aromatic heterocycles. The van der Waals surface area contributed by atoms with Gasteiger partial charge in [-0.2, -0.15) is 13.2 Å². The lowest BCUT2D eigenvalue weighted by atomic mass is 10.2. The fraction of sp³-hybridized carbons (Fsp3) is 0.588. The Bertz CT molecular complexity index is 769. The monoisotopic (exact) mass is 443 g/mol. The molecule has 0 radical (unpaired) electrons. The number of nitrogens with one attached hydrogen (secondary N) is 2. The topological polar surface area (TPSA) is 78.5 Å². The molecule has 0 bridgehead atoms. The smallest absolute Gasteiger partial charge is 0.355 e. The second kappa shape index (κ2) is 10.4. The molecule has 0 spiro atoms. The number of hydrogen-bond acceptors (Lipinski definition) is 4. The van der Waals surface area contributed by atoms with E-state index in [0.717, 1.165) is 25.2 Å². The van der Waals surface area contributed by atoms with Crippen LogP contribution < -0.4 is 10.0 Å². The molecule has 0 heterocycles. The number of sulfonamides is 1. The summed E-state index contributed by atoms with van der Waals surface area (Å²) in [6.45, 7) is 7.85. The Hall–Kier alpha value is -1.36. The largest absolute Gasteiger partial charge is 0.417 e. The molecule has 1 rings (SSSR count). The minimum atomic E-state index is -4.77. The van der Waals surface area contributed by atoms with Gasteiger partial charge >= 0.3 is 6.18 Å². The molecule has 160 valence electrons. The molecule has 28 heavy (non-hydrogen) atoms. The van der Waals surface area contributed by atoms with E-state index in [2.05, 4.69) is 14.9 Å². The second-order valence-electron chi connectivity index (χ2n) is 6.16. The van der Waals surface area contributed by atoms with Crippen LogP contribution in [0.3, 0.4) is 0 Å². The summed E-state index contributed by atoms with van der Waals surface area (Å²) >= 11 is 5.49. The number of carbonyl (C=O) groups excluding carboxylic acids is 1. The molecule has 1 aromatic rings. The normalized spacial score (nSPS) is 13.6. The first kappa shape index (κ1) is 24.7. The van der Waals surface area contributed by atoms with E-state index >= 15 is 0 Å². The average molecular weight is 444 g/mol. The Labute approximate surface area is 168 Å².